The van der Waals surface area contributed by atoms with E-state index in [1.54, 1.807) is 0 Å². The number of sulfonamides is 1. The monoisotopic (exact) mass is 162 g/mol. The van der Waals surface area contributed by atoms with E-state index in [1.165, 1.54) is 18.7 Å². The minimum atomic E-state index is -3.19. The average Bonchev–Trinajstić information content (AvgIpc) is 1.84. The van der Waals surface area contributed by atoms with Gasteiger partial charge in [0.1, 0.15) is 0 Å². The summed E-state index contributed by atoms with van der Waals surface area (Å²) in [5.74, 6) is -0.0721. The van der Waals surface area contributed by atoms with Gasteiger partial charge in [0.25, 0.3) is 0 Å². The first kappa shape index (κ1) is 9.39. The zero-order valence-corrected chi connectivity index (χ0v) is 6.39. The van der Waals surface area contributed by atoms with Crippen LogP contribution < -0.4 is 4.72 Å². The van der Waals surface area contributed by atoms with Crippen molar-refractivity contribution >= 4 is 10.0 Å². The lowest BCUT2D eigenvalue weighted by molar-refractivity contribution is 0.592. The molecule has 10 heavy (non-hydrogen) atoms. The summed E-state index contributed by atoms with van der Waals surface area (Å²) >= 11 is 0. The van der Waals surface area contributed by atoms with Gasteiger partial charge in [0, 0.05) is 0 Å². The molecule has 0 atom stereocenters. The summed E-state index contributed by atoms with van der Waals surface area (Å²) in [6.45, 7) is 7.87. The minimum absolute atomic E-state index is 0.0721. The first-order valence-electron chi connectivity index (χ1n) is 2.67. The Balaban J connectivity index is 3.87. The molecule has 0 rings (SSSR count). The summed E-state index contributed by atoms with van der Waals surface area (Å²) < 4.78 is 23.6. The first-order valence-corrected chi connectivity index (χ1v) is 4.33. The van der Waals surface area contributed by atoms with Crippen molar-refractivity contribution in [1.82, 2.24) is 4.72 Å². The van der Waals surface area contributed by atoms with Crippen molar-refractivity contribution in [2.24, 2.45) is 0 Å². The summed E-state index contributed by atoms with van der Waals surface area (Å²) in [7, 11) is -3.19. The van der Waals surface area contributed by atoms with Crippen LogP contribution in [0.3, 0.4) is 0 Å². The molecule has 0 aliphatic heterocycles. The van der Waals surface area contributed by atoms with Crippen molar-refractivity contribution in [3.8, 4) is 0 Å². The second kappa shape index (κ2) is 4.24. The van der Waals surface area contributed by atoms with Crippen LogP contribution in [0.25, 0.3) is 0 Å². The molecule has 0 spiro atoms. The van der Waals surface area contributed by atoms with E-state index in [-0.39, 0.29) is 5.75 Å². The highest BCUT2D eigenvalue weighted by molar-refractivity contribution is 7.89. The molecule has 57 valence electrons. The molecule has 0 saturated heterocycles. The molecule has 0 amide bonds. The highest BCUT2D eigenvalue weighted by atomic mass is 32.2. The molecule has 0 aromatic carbocycles. The van der Waals surface area contributed by atoms with Crippen LogP contribution in [-0.2, 0) is 10.0 Å². The predicted molar refractivity (Wildman–Crippen MR) is 41.6 cm³/mol. The normalized spacial score (nSPS) is 10.8. The molecular formula is C6H10NO2S. The van der Waals surface area contributed by atoms with Gasteiger partial charge in [0.05, 0.1) is 12.3 Å². The molecule has 1 radical (unpaired) electrons. The molecule has 0 aromatic heterocycles. The van der Waals surface area contributed by atoms with Gasteiger partial charge in [-0.05, 0) is 0 Å². The Labute approximate surface area is 61.5 Å². The molecule has 0 heterocycles. The summed E-state index contributed by atoms with van der Waals surface area (Å²) in [5.41, 5.74) is 0. The first-order chi connectivity index (χ1) is 4.62. The molecule has 0 aromatic rings. The molecule has 0 unspecified atom stereocenters. The lowest BCUT2D eigenvalue weighted by Crippen LogP contribution is -2.22. The topological polar surface area (TPSA) is 46.2 Å². The maximum absolute atomic E-state index is 10.7. The van der Waals surface area contributed by atoms with Crippen LogP contribution in [0.4, 0.5) is 0 Å². The van der Waals surface area contributed by atoms with Gasteiger partial charge in [-0.25, -0.2) is 13.1 Å². The van der Waals surface area contributed by atoms with E-state index < -0.39 is 10.0 Å². The molecule has 0 bridgehead atoms. The Hall–Kier alpha value is -0.610. The van der Waals surface area contributed by atoms with Crippen molar-refractivity contribution in [2.45, 2.75) is 0 Å². The quantitative estimate of drug-likeness (QED) is 0.596. The number of hydrogen-bond donors (Lipinski definition) is 1. The fraction of sp³-hybridized carbons (Fsp3) is 0.167. The molecular weight excluding hydrogens is 152 g/mol. The molecule has 0 aliphatic carbocycles. The van der Waals surface area contributed by atoms with Gasteiger partial charge < -0.3 is 0 Å². The maximum Gasteiger partial charge on any atom is 0.215 e. The van der Waals surface area contributed by atoms with Crippen molar-refractivity contribution < 1.29 is 8.42 Å². The SMILES string of the molecule is C=C[CH]NS(=O)(=O)[14CH2]C=C. The van der Waals surface area contributed by atoms with Crippen LogP contribution in [-0.4, -0.2) is 14.2 Å². The van der Waals surface area contributed by atoms with Crippen molar-refractivity contribution in [1.29, 1.82) is 0 Å². The van der Waals surface area contributed by atoms with E-state index in [4.69, 9.17) is 0 Å². The van der Waals surface area contributed by atoms with Crippen LogP contribution in [0.15, 0.2) is 25.3 Å². The smallest absolute Gasteiger partial charge is 0.212 e. The van der Waals surface area contributed by atoms with Gasteiger partial charge in [-0.3, -0.25) is 0 Å². The standard InChI is InChI=1S/C6H10NO2S/c1-3-5-7-10(8,9)6-4-2/h3-5,7H,1-2,6H2/i6+2. The Morgan fingerprint density at radius 3 is 2.40 bits per heavy atom. The lowest BCUT2D eigenvalue weighted by atomic mass is 10.7. The molecule has 0 saturated carbocycles. The van der Waals surface area contributed by atoms with Crippen molar-refractivity contribution in [2.75, 3.05) is 5.75 Å². The molecule has 3 nitrogen and oxygen atoms in total. The molecule has 0 aliphatic rings. The van der Waals surface area contributed by atoms with Crippen LogP contribution in [0.2, 0.25) is 0 Å². The second-order valence-corrected chi connectivity index (χ2v) is 3.39. The van der Waals surface area contributed by atoms with Crippen LogP contribution in [0, 0.1) is 6.54 Å². The molecule has 0 fully saturated rings. The van der Waals surface area contributed by atoms with Crippen LogP contribution >= 0.6 is 0 Å². The number of nitrogens with one attached hydrogen (secondary N) is 1. The lowest BCUT2D eigenvalue weighted by Gasteiger charge is -1.98. The number of rotatable bonds is 5. The summed E-state index contributed by atoms with van der Waals surface area (Å²) in [5, 5.41) is 0. The Bertz CT molecular complexity index is 206. The molecule has 1 N–H and O–H groups in total. The largest absolute Gasteiger partial charge is 0.215 e. The van der Waals surface area contributed by atoms with Gasteiger partial charge in [-0.2, -0.15) is 0 Å². The Kier molecular flexibility index (Phi) is 3.99. The van der Waals surface area contributed by atoms with E-state index in [9.17, 15) is 8.42 Å². The summed E-state index contributed by atoms with van der Waals surface area (Å²) in [6, 6.07) is 0. The van der Waals surface area contributed by atoms with Crippen LogP contribution in [0.1, 0.15) is 0 Å². The van der Waals surface area contributed by atoms with E-state index in [2.05, 4.69) is 17.9 Å². The van der Waals surface area contributed by atoms with Gasteiger partial charge >= 0.3 is 0 Å². The minimum Gasteiger partial charge on any atom is -0.212 e. The third kappa shape index (κ3) is 4.29. The summed E-state index contributed by atoms with van der Waals surface area (Å²) in [6.07, 6.45) is 2.68. The van der Waals surface area contributed by atoms with Crippen LogP contribution in [0.5, 0.6) is 0 Å². The van der Waals surface area contributed by atoms with E-state index >= 15 is 0 Å². The molecule has 4 heteroatoms. The van der Waals surface area contributed by atoms with Crippen molar-refractivity contribution in [3.05, 3.63) is 31.9 Å². The van der Waals surface area contributed by atoms with Crippen molar-refractivity contribution in [3.63, 3.8) is 0 Å². The fourth-order valence-corrected chi connectivity index (χ4v) is 1.07. The average molecular weight is 162 g/mol. The maximum atomic E-state index is 10.7. The van der Waals surface area contributed by atoms with E-state index in [0.29, 0.717) is 0 Å². The second-order valence-electron chi connectivity index (χ2n) is 1.59. The zero-order valence-electron chi connectivity index (χ0n) is 5.58. The summed E-state index contributed by atoms with van der Waals surface area (Å²) in [4.78, 5) is 0. The highest BCUT2D eigenvalue weighted by Gasteiger charge is 2.03. The van der Waals surface area contributed by atoms with Gasteiger partial charge in [-0.15, -0.1) is 13.2 Å². The highest BCUT2D eigenvalue weighted by Crippen LogP contribution is 1.85. The van der Waals surface area contributed by atoms with Gasteiger partial charge in [0.15, 0.2) is 0 Å². The van der Waals surface area contributed by atoms with E-state index in [0.717, 1.165) is 0 Å². The Morgan fingerprint density at radius 1 is 1.40 bits per heavy atom. The zero-order chi connectivity index (χ0) is 8.04. The third-order valence-corrected chi connectivity index (χ3v) is 1.87. The Morgan fingerprint density at radius 2 is 2.00 bits per heavy atom. The van der Waals surface area contributed by atoms with Gasteiger partial charge in [-0.1, -0.05) is 12.2 Å². The third-order valence-electron chi connectivity index (χ3n) is 0.703. The fourth-order valence-electron chi connectivity index (χ4n) is 0.355. The predicted octanol–water partition coefficient (Wildman–Crippen LogP) is 0.440. The van der Waals surface area contributed by atoms with Gasteiger partial charge in [0.2, 0.25) is 10.0 Å². The number of hydrogen-bond acceptors (Lipinski definition) is 2. The van der Waals surface area contributed by atoms with E-state index in [1.807, 2.05) is 0 Å².